The second-order valence-corrected chi connectivity index (χ2v) is 13.8. The Morgan fingerprint density at radius 1 is 0.829 bits per heavy atom. The molecule has 2 heterocycles. The van der Waals surface area contributed by atoms with E-state index in [1.165, 1.54) is 23.6 Å². The lowest BCUT2D eigenvalue weighted by Gasteiger charge is -2.57. The van der Waals surface area contributed by atoms with Crippen LogP contribution in [-0.2, 0) is 19.6 Å². The lowest BCUT2D eigenvalue weighted by atomic mass is 9.49. The number of carbonyl (C=O) groups excluding carboxylic acids is 2. The summed E-state index contributed by atoms with van der Waals surface area (Å²) in [4.78, 5) is 31.2. The molecule has 8 heteroatoms. The Morgan fingerprint density at radius 2 is 1.37 bits per heavy atom. The molecule has 7 rings (SSSR count). The minimum Gasteiger partial charge on any atom is -0.339 e. The van der Waals surface area contributed by atoms with Gasteiger partial charge in [-0.1, -0.05) is 17.7 Å². The molecular weight excluding hydrogens is 462 g/mol. The largest absolute Gasteiger partial charge is 0.339 e. The van der Waals surface area contributed by atoms with Gasteiger partial charge in [-0.2, -0.15) is 4.31 Å². The van der Waals surface area contributed by atoms with Crippen molar-refractivity contribution < 1.29 is 18.0 Å². The maximum atomic E-state index is 13.7. The zero-order valence-electron chi connectivity index (χ0n) is 20.7. The predicted octanol–water partition coefficient (Wildman–Crippen LogP) is 3.04. The minimum atomic E-state index is -3.72. The molecule has 35 heavy (non-hydrogen) atoms. The van der Waals surface area contributed by atoms with Gasteiger partial charge in [-0.25, -0.2) is 8.42 Å². The van der Waals surface area contributed by atoms with E-state index in [9.17, 15) is 18.0 Å². The standard InChI is InChI=1S/C27H37N3O4S/c1-19-4-6-23(7-5-19)35(33,34)30-8-2-3-24(30)25(31)28-9-11-29(12-10-28)26(32)27-16-20-13-21(17-27)15-22(14-20)18-27/h4-7,20-22,24H,2-3,8-18H2,1H3/t20?,21?,22?,24-,27?/m0/s1. The molecule has 2 amide bonds. The first-order valence-electron chi connectivity index (χ1n) is 13.4. The van der Waals surface area contributed by atoms with Gasteiger partial charge in [0, 0.05) is 32.7 Å². The van der Waals surface area contributed by atoms with Crippen LogP contribution in [-0.4, -0.2) is 73.1 Å². The zero-order valence-corrected chi connectivity index (χ0v) is 21.5. The molecule has 190 valence electrons. The number of amides is 2. The molecule has 6 aliphatic rings. The van der Waals surface area contributed by atoms with Crippen LogP contribution >= 0.6 is 0 Å². The van der Waals surface area contributed by atoms with Crippen LogP contribution in [0.25, 0.3) is 0 Å². The monoisotopic (exact) mass is 499 g/mol. The number of piperazine rings is 1. The normalized spacial score (nSPS) is 35.0. The molecular formula is C27H37N3O4S. The molecule has 1 aromatic rings. The molecule has 2 aliphatic heterocycles. The smallest absolute Gasteiger partial charge is 0.243 e. The first-order valence-corrected chi connectivity index (χ1v) is 14.9. The number of aryl methyl sites for hydroxylation is 1. The molecule has 4 bridgehead atoms. The van der Waals surface area contributed by atoms with Gasteiger partial charge < -0.3 is 9.80 Å². The first kappa shape index (κ1) is 23.5. The highest BCUT2D eigenvalue weighted by molar-refractivity contribution is 7.89. The van der Waals surface area contributed by atoms with Gasteiger partial charge in [0.25, 0.3) is 0 Å². The summed E-state index contributed by atoms with van der Waals surface area (Å²) in [5.74, 6) is 2.42. The van der Waals surface area contributed by atoms with Crippen molar-refractivity contribution in [1.29, 1.82) is 0 Å². The van der Waals surface area contributed by atoms with Crippen LogP contribution < -0.4 is 0 Å². The third-order valence-electron chi connectivity index (χ3n) is 9.49. The molecule has 0 N–H and O–H groups in total. The fourth-order valence-corrected chi connectivity index (χ4v) is 9.82. The Balaban J connectivity index is 1.11. The molecule has 6 fully saturated rings. The fourth-order valence-electron chi connectivity index (χ4n) is 8.17. The SMILES string of the molecule is Cc1ccc(S(=O)(=O)N2CCC[C@H]2C(=O)N2CCN(C(=O)C34CC5CC(CC(C5)C3)C4)CC2)cc1. The Morgan fingerprint density at radius 3 is 1.94 bits per heavy atom. The average molecular weight is 500 g/mol. The van der Waals surface area contributed by atoms with Crippen LogP contribution in [0, 0.1) is 30.1 Å². The van der Waals surface area contributed by atoms with Crippen molar-refractivity contribution in [1.82, 2.24) is 14.1 Å². The van der Waals surface area contributed by atoms with E-state index < -0.39 is 16.1 Å². The van der Waals surface area contributed by atoms with Crippen molar-refractivity contribution in [2.75, 3.05) is 32.7 Å². The highest BCUT2D eigenvalue weighted by atomic mass is 32.2. The summed E-state index contributed by atoms with van der Waals surface area (Å²) < 4.78 is 28.0. The van der Waals surface area contributed by atoms with Gasteiger partial charge in [0.2, 0.25) is 21.8 Å². The van der Waals surface area contributed by atoms with Gasteiger partial charge in [0.15, 0.2) is 0 Å². The van der Waals surface area contributed by atoms with Crippen molar-refractivity contribution in [3.05, 3.63) is 29.8 Å². The quantitative estimate of drug-likeness (QED) is 0.638. The molecule has 0 aromatic heterocycles. The molecule has 4 aliphatic carbocycles. The van der Waals surface area contributed by atoms with Gasteiger partial charge in [-0.15, -0.1) is 0 Å². The summed E-state index contributed by atoms with van der Waals surface area (Å²) in [7, 11) is -3.72. The van der Waals surface area contributed by atoms with E-state index in [0.717, 1.165) is 42.6 Å². The van der Waals surface area contributed by atoms with E-state index in [2.05, 4.69) is 0 Å². The van der Waals surface area contributed by atoms with Crippen molar-refractivity contribution in [3.63, 3.8) is 0 Å². The summed E-state index contributed by atoms with van der Waals surface area (Å²) in [6.07, 6.45) is 8.37. The van der Waals surface area contributed by atoms with E-state index in [-0.39, 0.29) is 16.2 Å². The Bertz CT molecular complexity index is 1070. The van der Waals surface area contributed by atoms with Crippen LogP contribution in [0.5, 0.6) is 0 Å². The number of hydrogen-bond donors (Lipinski definition) is 0. The maximum Gasteiger partial charge on any atom is 0.243 e. The van der Waals surface area contributed by atoms with Gasteiger partial charge in [0.05, 0.1) is 10.3 Å². The van der Waals surface area contributed by atoms with Crippen LogP contribution in [0.1, 0.15) is 56.9 Å². The van der Waals surface area contributed by atoms with Crippen LogP contribution in [0.4, 0.5) is 0 Å². The average Bonchev–Trinajstić information content (AvgIpc) is 3.34. The Hall–Kier alpha value is -1.93. The Labute approximate surface area is 208 Å². The number of carbonyl (C=O) groups is 2. The third-order valence-corrected chi connectivity index (χ3v) is 11.4. The van der Waals surface area contributed by atoms with Crippen molar-refractivity contribution in [3.8, 4) is 0 Å². The third kappa shape index (κ3) is 4.01. The highest BCUT2D eigenvalue weighted by Crippen LogP contribution is 2.60. The maximum absolute atomic E-state index is 13.7. The number of sulfonamides is 1. The molecule has 0 unspecified atom stereocenters. The summed E-state index contributed by atoms with van der Waals surface area (Å²) >= 11 is 0. The topological polar surface area (TPSA) is 78.0 Å². The van der Waals surface area contributed by atoms with Crippen molar-refractivity contribution in [2.45, 2.75) is 69.2 Å². The molecule has 2 saturated heterocycles. The van der Waals surface area contributed by atoms with E-state index in [1.54, 1.807) is 29.2 Å². The van der Waals surface area contributed by atoms with Crippen molar-refractivity contribution in [2.24, 2.45) is 23.2 Å². The summed E-state index contributed by atoms with van der Waals surface area (Å²) in [6, 6.07) is 6.19. The van der Waals surface area contributed by atoms with E-state index >= 15 is 0 Å². The zero-order chi connectivity index (χ0) is 24.4. The highest BCUT2D eigenvalue weighted by Gasteiger charge is 2.55. The van der Waals surface area contributed by atoms with Crippen LogP contribution in [0.15, 0.2) is 29.2 Å². The lowest BCUT2D eigenvalue weighted by Crippen LogP contribution is -2.60. The number of hydrogen-bond acceptors (Lipinski definition) is 4. The van der Waals surface area contributed by atoms with Crippen LogP contribution in [0.3, 0.4) is 0 Å². The summed E-state index contributed by atoms with van der Waals surface area (Å²) in [5.41, 5.74) is 0.852. The minimum absolute atomic E-state index is 0.111. The van der Waals surface area contributed by atoms with Gasteiger partial charge in [-0.3, -0.25) is 9.59 Å². The molecule has 1 atom stereocenters. The van der Waals surface area contributed by atoms with Crippen LogP contribution in [0.2, 0.25) is 0 Å². The first-order chi connectivity index (χ1) is 16.7. The molecule has 4 saturated carbocycles. The second-order valence-electron chi connectivity index (χ2n) is 11.9. The number of rotatable bonds is 4. The predicted molar refractivity (Wildman–Crippen MR) is 132 cm³/mol. The van der Waals surface area contributed by atoms with Gasteiger partial charge in [0.1, 0.15) is 6.04 Å². The molecule has 7 nitrogen and oxygen atoms in total. The van der Waals surface area contributed by atoms with E-state index in [4.69, 9.17) is 0 Å². The van der Waals surface area contributed by atoms with Gasteiger partial charge >= 0.3 is 0 Å². The lowest BCUT2D eigenvalue weighted by molar-refractivity contribution is -0.160. The van der Waals surface area contributed by atoms with Gasteiger partial charge in [-0.05, 0) is 88.2 Å². The van der Waals surface area contributed by atoms with E-state index in [0.29, 0.717) is 51.5 Å². The number of nitrogens with zero attached hydrogens (tertiary/aromatic N) is 3. The molecule has 0 spiro atoms. The van der Waals surface area contributed by atoms with Crippen molar-refractivity contribution >= 4 is 21.8 Å². The second kappa shape index (κ2) is 8.58. The molecule has 1 aromatic carbocycles. The Kier molecular flexibility index (Phi) is 5.75. The van der Waals surface area contributed by atoms with E-state index in [1.807, 2.05) is 11.8 Å². The summed E-state index contributed by atoms with van der Waals surface area (Å²) in [5, 5.41) is 0. The number of benzene rings is 1. The summed E-state index contributed by atoms with van der Waals surface area (Å²) in [6.45, 7) is 4.40. The fraction of sp³-hybridized carbons (Fsp3) is 0.704. The molecule has 0 radical (unpaired) electrons.